The lowest BCUT2D eigenvalue weighted by Crippen LogP contribution is -2.35. The third kappa shape index (κ3) is 2.55. The van der Waals surface area contributed by atoms with Crippen LogP contribution >= 0.6 is 11.3 Å². The number of hydrogen-bond acceptors (Lipinski definition) is 5. The Bertz CT molecular complexity index is 943. The smallest absolute Gasteiger partial charge is 0.308 e. The van der Waals surface area contributed by atoms with E-state index in [1.807, 2.05) is 13.8 Å². The van der Waals surface area contributed by atoms with E-state index in [0.717, 1.165) is 23.4 Å². The molecule has 0 spiro atoms. The molecule has 1 aliphatic heterocycles. The molecule has 25 heavy (non-hydrogen) atoms. The molecule has 1 saturated heterocycles. The minimum Gasteiger partial charge on any atom is -0.481 e. The lowest BCUT2D eigenvalue weighted by molar-refractivity contribution is -0.142. The van der Waals surface area contributed by atoms with E-state index < -0.39 is 17.8 Å². The van der Waals surface area contributed by atoms with Crippen LogP contribution in [-0.4, -0.2) is 44.4 Å². The Morgan fingerprint density at radius 3 is 2.64 bits per heavy atom. The number of amides is 1. The molecule has 2 aromatic heterocycles. The van der Waals surface area contributed by atoms with Crippen molar-refractivity contribution in [3.05, 3.63) is 32.7 Å². The maximum atomic E-state index is 12.9. The number of fused-ring (bicyclic) bond motifs is 1. The predicted octanol–water partition coefficient (Wildman–Crippen LogP) is 1.56. The third-order valence-electron chi connectivity index (χ3n) is 5.45. The summed E-state index contributed by atoms with van der Waals surface area (Å²) in [5.74, 6) is -1.43. The van der Waals surface area contributed by atoms with Gasteiger partial charge in [-0.2, -0.15) is 0 Å². The second kappa shape index (κ2) is 5.66. The number of carbonyl (C=O) groups is 2. The average molecular weight is 361 g/mol. The molecule has 7 nitrogen and oxygen atoms in total. The zero-order chi connectivity index (χ0) is 17.9. The molecular weight excluding hydrogens is 342 g/mol. The SMILES string of the molecule is Cc1sc2ncc(C(=O)N3C[C@H](C(=O)O)[C@@H](C4CC4)C3)c(=O)n2c1C. The fourth-order valence-electron chi connectivity index (χ4n) is 3.75. The number of nitrogens with zero attached hydrogens (tertiary/aromatic N) is 3. The second-order valence-electron chi connectivity index (χ2n) is 6.99. The molecular formula is C17H19N3O4S. The Kier molecular flexibility index (Phi) is 3.68. The van der Waals surface area contributed by atoms with Crippen molar-refractivity contribution < 1.29 is 14.7 Å². The van der Waals surface area contributed by atoms with Crippen LogP contribution in [-0.2, 0) is 4.79 Å². The lowest BCUT2D eigenvalue weighted by atomic mass is 9.92. The Hall–Kier alpha value is -2.22. The number of aryl methyl sites for hydroxylation is 2. The summed E-state index contributed by atoms with van der Waals surface area (Å²) in [4.78, 5) is 44.5. The predicted molar refractivity (Wildman–Crippen MR) is 92.1 cm³/mol. The van der Waals surface area contributed by atoms with Crippen LogP contribution in [0.2, 0.25) is 0 Å². The molecule has 8 heteroatoms. The van der Waals surface area contributed by atoms with Gasteiger partial charge in [0, 0.05) is 29.9 Å². The number of thiazole rings is 1. The van der Waals surface area contributed by atoms with Gasteiger partial charge in [0.05, 0.1) is 5.92 Å². The number of rotatable bonds is 3. The van der Waals surface area contributed by atoms with Crippen LogP contribution < -0.4 is 5.56 Å². The zero-order valence-electron chi connectivity index (χ0n) is 14.1. The van der Waals surface area contributed by atoms with E-state index in [0.29, 0.717) is 17.4 Å². The fraction of sp³-hybridized carbons (Fsp3) is 0.529. The minimum absolute atomic E-state index is 0.00831. The van der Waals surface area contributed by atoms with Gasteiger partial charge in [0.15, 0.2) is 4.96 Å². The van der Waals surface area contributed by atoms with E-state index in [2.05, 4.69) is 4.98 Å². The molecule has 2 atom stereocenters. The van der Waals surface area contributed by atoms with Crippen molar-refractivity contribution in [1.29, 1.82) is 0 Å². The summed E-state index contributed by atoms with van der Waals surface area (Å²) in [6.07, 6.45) is 3.38. The van der Waals surface area contributed by atoms with Gasteiger partial charge in [0.2, 0.25) is 0 Å². The van der Waals surface area contributed by atoms with Crippen LogP contribution in [0.4, 0.5) is 0 Å². The van der Waals surface area contributed by atoms with Gasteiger partial charge in [-0.05, 0) is 38.5 Å². The highest BCUT2D eigenvalue weighted by atomic mass is 32.1. The number of likely N-dealkylation sites (tertiary alicyclic amines) is 1. The molecule has 2 aromatic rings. The van der Waals surface area contributed by atoms with Crippen LogP contribution in [0.5, 0.6) is 0 Å². The fourth-order valence-corrected chi connectivity index (χ4v) is 4.68. The minimum atomic E-state index is -0.859. The number of carbonyl (C=O) groups excluding carboxylic acids is 1. The van der Waals surface area contributed by atoms with Crippen LogP contribution in [0.15, 0.2) is 11.0 Å². The molecule has 1 N–H and O–H groups in total. The second-order valence-corrected chi connectivity index (χ2v) is 8.18. The molecule has 0 bridgehead atoms. The summed E-state index contributed by atoms with van der Waals surface area (Å²) in [6.45, 7) is 4.31. The highest BCUT2D eigenvalue weighted by Crippen LogP contribution is 2.44. The van der Waals surface area contributed by atoms with Crippen LogP contribution in [0.25, 0.3) is 4.96 Å². The molecule has 4 rings (SSSR count). The average Bonchev–Trinajstić information content (AvgIpc) is 3.24. The molecule has 1 aliphatic carbocycles. The molecule has 0 radical (unpaired) electrons. The summed E-state index contributed by atoms with van der Waals surface area (Å²) in [6, 6.07) is 0. The van der Waals surface area contributed by atoms with E-state index in [4.69, 9.17) is 0 Å². The molecule has 2 aliphatic rings. The molecule has 0 aromatic carbocycles. The summed E-state index contributed by atoms with van der Waals surface area (Å²) in [5.41, 5.74) is 0.422. The zero-order valence-corrected chi connectivity index (χ0v) is 14.9. The van der Waals surface area contributed by atoms with Gasteiger partial charge in [-0.3, -0.25) is 18.8 Å². The van der Waals surface area contributed by atoms with Crippen molar-refractivity contribution in [2.75, 3.05) is 13.1 Å². The first-order chi connectivity index (χ1) is 11.9. The summed E-state index contributed by atoms with van der Waals surface area (Å²) < 4.78 is 1.47. The number of aromatic nitrogens is 2. The largest absolute Gasteiger partial charge is 0.481 e. The van der Waals surface area contributed by atoms with E-state index in [1.54, 1.807) is 0 Å². The molecule has 1 saturated carbocycles. The maximum absolute atomic E-state index is 12.9. The highest BCUT2D eigenvalue weighted by molar-refractivity contribution is 7.17. The monoisotopic (exact) mass is 361 g/mol. The van der Waals surface area contributed by atoms with Crippen molar-refractivity contribution in [3.8, 4) is 0 Å². The first-order valence-electron chi connectivity index (χ1n) is 8.38. The van der Waals surface area contributed by atoms with Crippen molar-refractivity contribution in [2.45, 2.75) is 26.7 Å². The van der Waals surface area contributed by atoms with Crippen LogP contribution in [0, 0.1) is 31.6 Å². The lowest BCUT2D eigenvalue weighted by Gasteiger charge is -2.15. The topological polar surface area (TPSA) is 92.0 Å². The summed E-state index contributed by atoms with van der Waals surface area (Å²) in [5, 5.41) is 9.45. The van der Waals surface area contributed by atoms with E-state index in [9.17, 15) is 19.5 Å². The third-order valence-corrected chi connectivity index (χ3v) is 6.52. The molecule has 132 valence electrons. The number of hydrogen-bond donors (Lipinski definition) is 1. The Labute approximate surface area is 147 Å². The standard InChI is InChI=1S/C17H19N3O4S/c1-8-9(2)25-17-18-5-11(15(22)20(8)17)14(21)19-6-12(10-3-4-10)13(7-19)16(23)24/h5,10,12-13H,3-4,6-7H2,1-2H3,(H,23,24)/t12-,13+/m1/s1. The van der Waals surface area contributed by atoms with Gasteiger partial charge < -0.3 is 10.0 Å². The van der Waals surface area contributed by atoms with Gasteiger partial charge in [-0.15, -0.1) is 11.3 Å². The molecule has 0 unspecified atom stereocenters. The molecule has 1 amide bonds. The number of carboxylic acid groups (broad SMARTS) is 1. The number of carboxylic acids is 1. The first-order valence-corrected chi connectivity index (χ1v) is 9.20. The van der Waals surface area contributed by atoms with Crippen LogP contribution in [0.1, 0.15) is 33.8 Å². The van der Waals surface area contributed by atoms with Crippen molar-refractivity contribution in [2.24, 2.45) is 17.8 Å². The number of aliphatic carboxylic acids is 1. The van der Waals surface area contributed by atoms with E-state index >= 15 is 0 Å². The Morgan fingerprint density at radius 2 is 2.00 bits per heavy atom. The first kappa shape index (κ1) is 16.3. The van der Waals surface area contributed by atoms with Crippen LogP contribution in [0.3, 0.4) is 0 Å². The summed E-state index contributed by atoms with van der Waals surface area (Å²) >= 11 is 1.41. The Balaban J connectivity index is 1.68. The maximum Gasteiger partial charge on any atom is 0.308 e. The van der Waals surface area contributed by atoms with Gasteiger partial charge in [-0.1, -0.05) is 0 Å². The summed E-state index contributed by atoms with van der Waals surface area (Å²) in [7, 11) is 0. The highest BCUT2D eigenvalue weighted by Gasteiger charge is 2.47. The van der Waals surface area contributed by atoms with E-state index in [1.165, 1.54) is 26.8 Å². The van der Waals surface area contributed by atoms with E-state index in [-0.39, 0.29) is 23.6 Å². The van der Waals surface area contributed by atoms with Gasteiger partial charge >= 0.3 is 5.97 Å². The van der Waals surface area contributed by atoms with Gasteiger partial charge in [-0.25, -0.2) is 4.98 Å². The molecule has 2 fully saturated rings. The van der Waals surface area contributed by atoms with Gasteiger partial charge in [0.25, 0.3) is 11.5 Å². The van der Waals surface area contributed by atoms with Gasteiger partial charge in [0.1, 0.15) is 5.56 Å². The van der Waals surface area contributed by atoms with Crippen molar-refractivity contribution in [1.82, 2.24) is 14.3 Å². The van der Waals surface area contributed by atoms with Crippen molar-refractivity contribution >= 4 is 28.2 Å². The quantitative estimate of drug-likeness (QED) is 0.896. The molecule has 3 heterocycles. The normalized spacial score (nSPS) is 23.4. The van der Waals surface area contributed by atoms with Crippen molar-refractivity contribution in [3.63, 3.8) is 0 Å². The Morgan fingerprint density at radius 1 is 1.28 bits per heavy atom.